The largest absolute Gasteiger partial charge is 0.489 e. The van der Waals surface area contributed by atoms with E-state index in [-0.39, 0.29) is 0 Å². The molecule has 1 aliphatic rings. The van der Waals surface area contributed by atoms with Crippen LogP contribution in [0.15, 0.2) is 22.9 Å². The van der Waals surface area contributed by atoms with Crippen LogP contribution in [0.1, 0.15) is 23.1 Å². The van der Waals surface area contributed by atoms with Gasteiger partial charge in [-0.1, -0.05) is 11.6 Å². The highest BCUT2D eigenvalue weighted by Crippen LogP contribution is 2.37. The van der Waals surface area contributed by atoms with E-state index in [2.05, 4.69) is 23.0 Å². The summed E-state index contributed by atoms with van der Waals surface area (Å²) in [7, 11) is 0. The number of fused-ring (bicyclic) bond motifs is 1. The maximum absolute atomic E-state index is 6.29. The predicted octanol–water partition coefficient (Wildman–Crippen LogP) is 4.16. The molecule has 21 heavy (non-hydrogen) atoms. The zero-order chi connectivity index (χ0) is 14.7. The van der Waals surface area contributed by atoms with Gasteiger partial charge in [-0.3, -0.25) is 0 Å². The molecule has 1 N–H and O–H groups in total. The van der Waals surface area contributed by atoms with E-state index in [9.17, 15) is 0 Å². The van der Waals surface area contributed by atoms with E-state index in [1.807, 2.05) is 12.1 Å². The van der Waals surface area contributed by atoms with Crippen molar-refractivity contribution in [2.45, 2.75) is 26.4 Å². The highest BCUT2D eigenvalue weighted by molar-refractivity contribution is 7.08. The molecular formula is C16H18ClNO2S. The fourth-order valence-electron chi connectivity index (χ4n) is 2.30. The van der Waals surface area contributed by atoms with Crippen LogP contribution in [0, 0.1) is 6.92 Å². The van der Waals surface area contributed by atoms with E-state index >= 15 is 0 Å². The SMILES string of the molecule is Cc1cscc1CNCc1cc(Cl)c2c(c1)OCCCO2. The van der Waals surface area contributed by atoms with Gasteiger partial charge in [0, 0.05) is 19.5 Å². The van der Waals surface area contributed by atoms with Crippen LogP contribution in [0.3, 0.4) is 0 Å². The number of halogens is 1. The number of rotatable bonds is 4. The Labute approximate surface area is 133 Å². The number of benzene rings is 1. The van der Waals surface area contributed by atoms with Gasteiger partial charge in [-0.05, 0) is 46.5 Å². The third kappa shape index (κ3) is 3.51. The van der Waals surface area contributed by atoms with Crippen LogP contribution in [0.5, 0.6) is 11.5 Å². The summed E-state index contributed by atoms with van der Waals surface area (Å²) in [6, 6.07) is 3.96. The van der Waals surface area contributed by atoms with Crippen LogP contribution < -0.4 is 14.8 Å². The number of nitrogens with one attached hydrogen (secondary N) is 1. The Bertz CT molecular complexity index is 627. The normalized spacial score (nSPS) is 14.0. The molecule has 0 fully saturated rings. The van der Waals surface area contributed by atoms with Crippen LogP contribution in [0.2, 0.25) is 5.02 Å². The molecule has 0 spiro atoms. The molecule has 1 aromatic carbocycles. The third-order valence-electron chi connectivity index (χ3n) is 3.47. The average Bonchev–Trinajstić information content (AvgIpc) is 2.73. The average molecular weight is 324 g/mol. The van der Waals surface area contributed by atoms with Crippen molar-refractivity contribution in [3.05, 3.63) is 44.6 Å². The van der Waals surface area contributed by atoms with Crippen molar-refractivity contribution in [2.75, 3.05) is 13.2 Å². The van der Waals surface area contributed by atoms with E-state index < -0.39 is 0 Å². The van der Waals surface area contributed by atoms with E-state index in [0.29, 0.717) is 24.0 Å². The summed E-state index contributed by atoms with van der Waals surface area (Å²) in [5, 5.41) is 8.42. The van der Waals surface area contributed by atoms with Gasteiger partial charge < -0.3 is 14.8 Å². The van der Waals surface area contributed by atoms with Crippen molar-refractivity contribution < 1.29 is 9.47 Å². The van der Waals surface area contributed by atoms with Crippen molar-refractivity contribution >= 4 is 22.9 Å². The van der Waals surface area contributed by atoms with E-state index in [4.69, 9.17) is 21.1 Å². The molecule has 112 valence electrons. The van der Waals surface area contributed by atoms with Gasteiger partial charge >= 0.3 is 0 Å². The molecule has 0 saturated heterocycles. The van der Waals surface area contributed by atoms with Crippen LogP contribution in [-0.2, 0) is 13.1 Å². The predicted molar refractivity (Wildman–Crippen MR) is 86.7 cm³/mol. The Hall–Kier alpha value is -1.23. The third-order valence-corrected chi connectivity index (χ3v) is 4.66. The highest BCUT2D eigenvalue weighted by Gasteiger charge is 2.15. The summed E-state index contributed by atoms with van der Waals surface area (Å²) in [6.07, 6.45) is 0.885. The smallest absolute Gasteiger partial charge is 0.179 e. The zero-order valence-corrected chi connectivity index (χ0v) is 13.5. The van der Waals surface area contributed by atoms with Crippen LogP contribution in [0.25, 0.3) is 0 Å². The van der Waals surface area contributed by atoms with Crippen molar-refractivity contribution in [1.82, 2.24) is 5.32 Å². The lowest BCUT2D eigenvalue weighted by molar-refractivity contribution is 0.297. The van der Waals surface area contributed by atoms with Gasteiger partial charge in [0.1, 0.15) is 0 Å². The number of ether oxygens (including phenoxy) is 2. The molecule has 2 aromatic rings. The maximum Gasteiger partial charge on any atom is 0.179 e. The Morgan fingerprint density at radius 2 is 2.05 bits per heavy atom. The van der Waals surface area contributed by atoms with Crippen molar-refractivity contribution in [1.29, 1.82) is 0 Å². The molecule has 2 heterocycles. The van der Waals surface area contributed by atoms with Gasteiger partial charge in [0.05, 0.1) is 18.2 Å². The minimum absolute atomic E-state index is 0.623. The summed E-state index contributed by atoms with van der Waals surface area (Å²) >= 11 is 8.03. The summed E-state index contributed by atoms with van der Waals surface area (Å²) < 4.78 is 11.3. The molecule has 0 aliphatic carbocycles. The molecule has 1 aliphatic heterocycles. The summed E-state index contributed by atoms with van der Waals surface area (Å²) in [4.78, 5) is 0. The lowest BCUT2D eigenvalue weighted by Crippen LogP contribution is -2.13. The quantitative estimate of drug-likeness (QED) is 0.916. The van der Waals surface area contributed by atoms with Gasteiger partial charge in [-0.2, -0.15) is 11.3 Å². The van der Waals surface area contributed by atoms with E-state index in [0.717, 1.165) is 30.8 Å². The Morgan fingerprint density at radius 1 is 1.19 bits per heavy atom. The minimum Gasteiger partial charge on any atom is -0.489 e. The summed E-state index contributed by atoms with van der Waals surface area (Å²) in [6.45, 7) is 5.08. The van der Waals surface area contributed by atoms with Crippen molar-refractivity contribution in [3.63, 3.8) is 0 Å². The fraction of sp³-hybridized carbons (Fsp3) is 0.375. The van der Waals surface area contributed by atoms with Crippen LogP contribution >= 0.6 is 22.9 Å². The van der Waals surface area contributed by atoms with Crippen molar-refractivity contribution in [3.8, 4) is 11.5 Å². The first-order valence-electron chi connectivity index (χ1n) is 7.04. The Balaban J connectivity index is 1.67. The standard InChI is InChI=1S/C16H18ClNO2S/c1-11-9-21-10-13(11)8-18-7-12-5-14(17)16-15(6-12)19-3-2-4-20-16/h5-6,9-10,18H,2-4,7-8H2,1H3. The van der Waals surface area contributed by atoms with Crippen LogP contribution in [-0.4, -0.2) is 13.2 Å². The molecular weight excluding hydrogens is 306 g/mol. The van der Waals surface area contributed by atoms with Gasteiger partial charge in [0.15, 0.2) is 11.5 Å². The first-order valence-corrected chi connectivity index (χ1v) is 8.36. The van der Waals surface area contributed by atoms with E-state index in [1.165, 1.54) is 11.1 Å². The highest BCUT2D eigenvalue weighted by atomic mass is 35.5. The number of hydrogen-bond acceptors (Lipinski definition) is 4. The lowest BCUT2D eigenvalue weighted by atomic mass is 10.2. The molecule has 0 bridgehead atoms. The van der Waals surface area contributed by atoms with Crippen molar-refractivity contribution in [2.24, 2.45) is 0 Å². The number of hydrogen-bond donors (Lipinski definition) is 1. The van der Waals surface area contributed by atoms with Gasteiger partial charge in [0.2, 0.25) is 0 Å². The molecule has 5 heteroatoms. The summed E-state index contributed by atoms with van der Waals surface area (Å²) in [5.74, 6) is 1.43. The Morgan fingerprint density at radius 3 is 2.86 bits per heavy atom. The fourth-order valence-corrected chi connectivity index (χ4v) is 3.44. The maximum atomic E-state index is 6.29. The second-order valence-corrected chi connectivity index (χ2v) is 6.29. The lowest BCUT2D eigenvalue weighted by Gasteiger charge is -2.12. The van der Waals surface area contributed by atoms with Gasteiger partial charge in [-0.15, -0.1) is 0 Å². The van der Waals surface area contributed by atoms with Gasteiger partial charge in [-0.25, -0.2) is 0 Å². The van der Waals surface area contributed by atoms with Gasteiger partial charge in [0.25, 0.3) is 0 Å². The zero-order valence-electron chi connectivity index (χ0n) is 11.9. The topological polar surface area (TPSA) is 30.5 Å². The van der Waals surface area contributed by atoms with Crippen LogP contribution in [0.4, 0.5) is 0 Å². The second-order valence-electron chi connectivity index (χ2n) is 5.14. The molecule has 0 saturated carbocycles. The molecule has 3 rings (SSSR count). The molecule has 0 radical (unpaired) electrons. The first-order chi connectivity index (χ1) is 10.2. The monoisotopic (exact) mass is 323 g/mol. The molecule has 0 atom stereocenters. The Kier molecular flexibility index (Phi) is 4.68. The second kappa shape index (κ2) is 6.69. The molecule has 0 amide bonds. The molecule has 1 aromatic heterocycles. The molecule has 0 unspecified atom stereocenters. The van der Waals surface area contributed by atoms with E-state index in [1.54, 1.807) is 11.3 Å². The first kappa shape index (κ1) is 14.7. The summed E-state index contributed by atoms with van der Waals surface area (Å²) in [5.41, 5.74) is 3.79. The number of thiophene rings is 1. The molecule has 3 nitrogen and oxygen atoms in total. The number of aryl methyl sites for hydroxylation is 1. The minimum atomic E-state index is 0.623.